The first kappa shape index (κ1) is 9.22. The van der Waals surface area contributed by atoms with Crippen molar-refractivity contribution in [3.05, 3.63) is 17.8 Å². The monoisotopic (exact) mass is 171 g/mol. The van der Waals surface area contributed by atoms with Crippen molar-refractivity contribution < 1.29 is 14.6 Å². The fraction of sp³-hybridized carbons (Fsp3) is 0.625. The van der Waals surface area contributed by atoms with E-state index in [1.54, 1.807) is 6.26 Å². The number of aliphatic hydroxyl groups excluding tert-OH is 2. The van der Waals surface area contributed by atoms with E-state index in [0.717, 1.165) is 5.69 Å². The van der Waals surface area contributed by atoms with Gasteiger partial charge in [-0.25, -0.2) is 4.98 Å². The highest BCUT2D eigenvalue weighted by molar-refractivity contribution is 4.96. The molecule has 0 amide bonds. The van der Waals surface area contributed by atoms with Crippen LogP contribution < -0.4 is 0 Å². The van der Waals surface area contributed by atoms with Gasteiger partial charge >= 0.3 is 0 Å². The van der Waals surface area contributed by atoms with E-state index in [2.05, 4.69) is 4.98 Å². The average molecular weight is 171 g/mol. The summed E-state index contributed by atoms with van der Waals surface area (Å²) < 4.78 is 5.09. The molecule has 0 saturated heterocycles. The van der Waals surface area contributed by atoms with Crippen molar-refractivity contribution in [2.24, 2.45) is 0 Å². The van der Waals surface area contributed by atoms with E-state index < -0.39 is 0 Å². The highest BCUT2D eigenvalue weighted by atomic mass is 16.3. The van der Waals surface area contributed by atoms with Crippen LogP contribution in [0.25, 0.3) is 0 Å². The third-order valence-corrected chi connectivity index (χ3v) is 1.52. The lowest BCUT2D eigenvalue weighted by molar-refractivity contribution is 0.283. The molecule has 1 rings (SSSR count). The lowest BCUT2D eigenvalue weighted by Gasteiger charge is -1.89. The van der Waals surface area contributed by atoms with E-state index in [9.17, 15) is 0 Å². The quantitative estimate of drug-likeness (QED) is 0.661. The van der Waals surface area contributed by atoms with Crippen LogP contribution in [0.4, 0.5) is 0 Å². The average Bonchev–Trinajstić information content (AvgIpc) is 2.50. The molecule has 0 saturated carbocycles. The van der Waals surface area contributed by atoms with Gasteiger partial charge < -0.3 is 14.6 Å². The Kier molecular flexibility index (Phi) is 3.76. The number of aliphatic hydroxyl groups is 2. The van der Waals surface area contributed by atoms with Crippen molar-refractivity contribution in [3.63, 3.8) is 0 Å². The minimum Gasteiger partial charge on any atom is -0.449 e. The maximum absolute atomic E-state index is 8.58. The van der Waals surface area contributed by atoms with Gasteiger partial charge in [0.15, 0.2) is 5.89 Å². The van der Waals surface area contributed by atoms with Crippen molar-refractivity contribution >= 4 is 0 Å². The summed E-state index contributed by atoms with van der Waals surface area (Å²) >= 11 is 0. The Morgan fingerprint density at radius 1 is 1.25 bits per heavy atom. The van der Waals surface area contributed by atoms with Gasteiger partial charge in [0, 0.05) is 26.1 Å². The second kappa shape index (κ2) is 4.90. The maximum Gasteiger partial charge on any atom is 0.194 e. The van der Waals surface area contributed by atoms with Gasteiger partial charge in [-0.1, -0.05) is 0 Å². The lowest BCUT2D eigenvalue weighted by Crippen LogP contribution is -1.93. The van der Waals surface area contributed by atoms with Crippen LogP contribution in [0.3, 0.4) is 0 Å². The van der Waals surface area contributed by atoms with Crippen LogP contribution in [0.5, 0.6) is 0 Å². The molecule has 0 unspecified atom stereocenters. The Morgan fingerprint density at radius 2 is 2.08 bits per heavy atom. The van der Waals surface area contributed by atoms with Crippen LogP contribution in [0.1, 0.15) is 18.0 Å². The number of aryl methyl sites for hydroxylation is 1. The van der Waals surface area contributed by atoms with E-state index in [4.69, 9.17) is 14.6 Å². The first-order valence-electron chi connectivity index (χ1n) is 4.02. The summed E-state index contributed by atoms with van der Waals surface area (Å²) in [6.45, 7) is 0.240. The summed E-state index contributed by atoms with van der Waals surface area (Å²) in [5, 5.41) is 17.1. The molecule has 1 heterocycles. The molecule has 0 aliphatic rings. The summed E-state index contributed by atoms with van der Waals surface area (Å²) in [5.74, 6) is 0.632. The van der Waals surface area contributed by atoms with Crippen LogP contribution in [0.15, 0.2) is 10.7 Å². The van der Waals surface area contributed by atoms with Gasteiger partial charge in [-0.3, -0.25) is 0 Å². The van der Waals surface area contributed by atoms with E-state index in [1.165, 1.54) is 0 Å². The highest BCUT2D eigenvalue weighted by Crippen LogP contribution is 2.04. The Labute approximate surface area is 70.9 Å². The topological polar surface area (TPSA) is 66.5 Å². The Balaban J connectivity index is 2.41. The molecular weight excluding hydrogens is 158 g/mol. The molecule has 4 heteroatoms. The summed E-state index contributed by atoms with van der Waals surface area (Å²) in [6.07, 6.45) is 3.40. The van der Waals surface area contributed by atoms with E-state index >= 15 is 0 Å². The molecule has 1 aromatic heterocycles. The Hall–Kier alpha value is -0.870. The molecule has 0 bridgehead atoms. The first-order valence-corrected chi connectivity index (χ1v) is 4.02. The van der Waals surface area contributed by atoms with Gasteiger partial charge in [-0.05, 0) is 6.42 Å². The van der Waals surface area contributed by atoms with E-state index in [1.807, 2.05) is 0 Å². The van der Waals surface area contributed by atoms with Crippen LogP contribution >= 0.6 is 0 Å². The predicted octanol–water partition coefficient (Wildman–Crippen LogP) is 0.134. The minimum atomic E-state index is 0.0893. The Bertz CT molecular complexity index is 222. The maximum atomic E-state index is 8.58. The fourth-order valence-corrected chi connectivity index (χ4v) is 0.923. The number of hydrogen-bond acceptors (Lipinski definition) is 4. The van der Waals surface area contributed by atoms with Gasteiger partial charge in [-0.2, -0.15) is 0 Å². The first-order chi connectivity index (χ1) is 5.86. The largest absolute Gasteiger partial charge is 0.449 e. The molecule has 0 aliphatic carbocycles. The smallest absolute Gasteiger partial charge is 0.194 e. The van der Waals surface area contributed by atoms with Crippen molar-refractivity contribution in [2.75, 3.05) is 13.2 Å². The molecule has 12 heavy (non-hydrogen) atoms. The summed E-state index contributed by atoms with van der Waals surface area (Å²) in [5.41, 5.74) is 0.769. The summed E-state index contributed by atoms with van der Waals surface area (Å²) in [7, 11) is 0. The molecular formula is C8H13NO3. The van der Waals surface area contributed by atoms with Gasteiger partial charge in [0.1, 0.15) is 6.26 Å². The second-order valence-corrected chi connectivity index (χ2v) is 2.53. The normalized spacial score (nSPS) is 10.5. The lowest BCUT2D eigenvalue weighted by atomic mass is 10.3. The zero-order valence-electron chi connectivity index (χ0n) is 6.86. The van der Waals surface area contributed by atoms with Crippen molar-refractivity contribution in [2.45, 2.75) is 19.3 Å². The minimum absolute atomic E-state index is 0.0893. The second-order valence-electron chi connectivity index (χ2n) is 2.53. The zero-order valence-corrected chi connectivity index (χ0v) is 6.86. The molecule has 0 spiro atoms. The van der Waals surface area contributed by atoms with Gasteiger partial charge in [0.25, 0.3) is 0 Å². The number of oxazole rings is 1. The fourth-order valence-electron chi connectivity index (χ4n) is 0.923. The molecule has 0 fully saturated rings. The molecule has 0 aliphatic heterocycles. The zero-order chi connectivity index (χ0) is 8.81. The molecule has 4 nitrogen and oxygen atoms in total. The third-order valence-electron chi connectivity index (χ3n) is 1.52. The highest BCUT2D eigenvalue weighted by Gasteiger charge is 2.01. The molecule has 2 N–H and O–H groups in total. The predicted molar refractivity (Wildman–Crippen MR) is 42.7 cm³/mol. The van der Waals surface area contributed by atoms with Gasteiger partial charge in [0.2, 0.25) is 0 Å². The van der Waals surface area contributed by atoms with E-state index in [0.29, 0.717) is 25.2 Å². The van der Waals surface area contributed by atoms with Crippen molar-refractivity contribution in [3.8, 4) is 0 Å². The molecule has 1 aromatic rings. The van der Waals surface area contributed by atoms with Crippen LogP contribution in [-0.4, -0.2) is 28.4 Å². The Morgan fingerprint density at radius 3 is 2.75 bits per heavy atom. The van der Waals surface area contributed by atoms with Crippen molar-refractivity contribution in [1.29, 1.82) is 0 Å². The SMILES string of the molecule is OCCCc1nc(CCO)co1. The van der Waals surface area contributed by atoms with Crippen LogP contribution in [0, 0.1) is 0 Å². The molecule has 68 valence electrons. The van der Waals surface area contributed by atoms with Gasteiger partial charge in [-0.15, -0.1) is 0 Å². The van der Waals surface area contributed by atoms with Gasteiger partial charge in [0.05, 0.1) is 5.69 Å². The van der Waals surface area contributed by atoms with Crippen LogP contribution in [-0.2, 0) is 12.8 Å². The number of aromatic nitrogens is 1. The van der Waals surface area contributed by atoms with Crippen LogP contribution in [0.2, 0.25) is 0 Å². The summed E-state index contributed by atoms with van der Waals surface area (Å²) in [6, 6.07) is 0. The molecule has 0 radical (unpaired) electrons. The summed E-state index contributed by atoms with van der Waals surface area (Å²) in [4.78, 5) is 4.10. The standard InChI is InChI=1S/C8H13NO3/c10-4-1-2-8-9-7(3-5-11)6-12-8/h6,10-11H,1-5H2. The van der Waals surface area contributed by atoms with E-state index in [-0.39, 0.29) is 13.2 Å². The third kappa shape index (κ3) is 2.64. The number of nitrogens with zero attached hydrogens (tertiary/aromatic N) is 1. The number of rotatable bonds is 5. The molecule has 0 aromatic carbocycles. The number of hydrogen-bond donors (Lipinski definition) is 2. The molecule has 0 atom stereocenters. The van der Waals surface area contributed by atoms with Crippen molar-refractivity contribution in [1.82, 2.24) is 4.98 Å².